The van der Waals surface area contributed by atoms with Gasteiger partial charge in [-0.15, -0.1) is 0 Å². The first-order chi connectivity index (χ1) is 5.09. The zero-order chi connectivity index (χ0) is 8.85. The summed E-state index contributed by atoms with van der Waals surface area (Å²) >= 11 is 0. The molecule has 0 aliphatic heterocycles. The molecule has 64 valence electrons. The van der Waals surface area contributed by atoms with Gasteiger partial charge in [0.15, 0.2) is 0 Å². The van der Waals surface area contributed by atoms with Gasteiger partial charge in [-0.05, 0) is 13.8 Å². The van der Waals surface area contributed by atoms with Gasteiger partial charge < -0.3 is 11.2 Å². The average molecular weight is 155 g/mol. The fraction of sp³-hybridized carbons (Fsp3) is 0.500. The predicted molar refractivity (Wildman–Crippen MR) is 48.5 cm³/mol. The van der Waals surface area contributed by atoms with Crippen LogP contribution in [0, 0.1) is 0 Å². The largest absolute Gasteiger partial charge is 0.323 e. The highest BCUT2D eigenvalue weighted by Crippen LogP contribution is 1.97. The van der Waals surface area contributed by atoms with E-state index in [1.165, 1.54) is 0 Å². The molecular formula is C8H17N3. The molecule has 0 saturated carbocycles. The fourth-order valence-corrected chi connectivity index (χ4v) is 0.575. The predicted octanol–water partition coefficient (Wildman–Crippen LogP) is 0.817. The lowest BCUT2D eigenvalue weighted by molar-refractivity contribution is 0.333. The summed E-state index contributed by atoms with van der Waals surface area (Å²) in [6.07, 6.45) is 3.73. The van der Waals surface area contributed by atoms with E-state index in [9.17, 15) is 0 Å². The van der Waals surface area contributed by atoms with Crippen LogP contribution in [-0.4, -0.2) is 18.1 Å². The van der Waals surface area contributed by atoms with Crippen LogP contribution >= 0.6 is 0 Å². The third kappa shape index (κ3) is 3.68. The van der Waals surface area contributed by atoms with Crippen LogP contribution in [0.2, 0.25) is 0 Å². The molecule has 0 aliphatic carbocycles. The molecule has 3 N–H and O–H groups in total. The summed E-state index contributed by atoms with van der Waals surface area (Å²) in [5.41, 5.74) is 9.45. The van der Waals surface area contributed by atoms with Gasteiger partial charge in [-0.3, -0.25) is 5.01 Å². The Balaban J connectivity index is 3.83. The van der Waals surface area contributed by atoms with Crippen molar-refractivity contribution >= 4 is 0 Å². The van der Waals surface area contributed by atoms with Crippen molar-refractivity contribution < 1.29 is 0 Å². The maximum Gasteiger partial charge on any atom is 0.0435 e. The Bertz CT molecular complexity index is 149. The Morgan fingerprint density at radius 3 is 2.64 bits per heavy atom. The van der Waals surface area contributed by atoms with Crippen molar-refractivity contribution in [2.24, 2.45) is 5.73 Å². The Kier molecular flexibility index (Phi) is 4.38. The van der Waals surface area contributed by atoms with Crippen molar-refractivity contribution in [1.29, 1.82) is 0 Å². The number of hydrogen-bond acceptors (Lipinski definition) is 3. The summed E-state index contributed by atoms with van der Waals surface area (Å²) in [7, 11) is 1.88. The summed E-state index contributed by atoms with van der Waals surface area (Å²) in [6, 6.07) is -0.0160. The Morgan fingerprint density at radius 1 is 1.73 bits per heavy atom. The van der Waals surface area contributed by atoms with Crippen LogP contribution in [0.25, 0.3) is 0 Å². The van der Waals surface area contributed by atoms with E-state index in [4.69, 9.17) is 5.73 Å². The second-order valence-corrected chi connectivity index (χ2v) is 2.47. The summed E-state index contributed by atoms with van der Waals surface area (Å²) in [5, 5.41) is 1.80. The van der Waals surface area contributed by atoms with Gasteiger partial charge in [0.05, 0.1) is 0 Å². The number of nitrogens with two attached hydrogens (primary N) is 1. The molecule has 0 aromatic carbocycles. The van der Waals surface area contributed by atoms with Gasteiger partial charge in [0.2, 0.25) is 0 Å². The van der Waals surface area contributed by atoms with E-state index < -0.39 is 0 Å². The summed E-state index contributed by atoms with van der Waals surface area (Å²) in [4.78, 5) is 0. The van der Waals surface area contributed by atoms with E-state index in [1.54, 1.807) is 5.01 Å². The lowest BCUT2D eigenvalue weighted by atomic mass is 10.3. The highest BCUT2D eigenvalue weighted by Gasteiger charge is 2.03. The molecule has 0 saturated heterocycles. The number of hydrazine groups is 1. The van der Waals surface area contributed by atoms with Crippen LogP contribution in [0.3, 0.4) is 0 Å². The Hall–Kier alpha value is -0.960. The summed E-state index contributed by atoms with van der Waals surface area (Å²) < 4.78 is 0. The van der Waals surface area contributed by atoms with E-state index in [0.717, 1.165) is 5.70 Å². The zero-order valence-corrected chi connectivity index (χ0v) is 7.46. The number of nitrogens with zero attached hydrogens (tertiary/aromatic N) is 1. The molecule has 0 aromatic rings. The zero-order valence-electron chi connectivity index (χ0n) is 7.46. The second kappa shape index (κ2) is 4.79. The summed E-state index contributed by atoms with van der Waals surface area (Å²) in [5.74, 6) is 0. The van der Waals surface area contributed by atoms with Crippen LogP contribution < -0.4 is 11.2 Å². The summed E-state index contributed by atoms with van der Waals surface area (Å²) in [6.45, 7) is 7.65. The molecule has 1 unspecified atom stereocenters. The first-order valence-corrected chi connectivity index (χ1v) is 3.65. The van der Waals surface area contributed by atoms with Gasteiger partial charge in [-0.25, -0.2) is 0 Å². The maximum atomic E-state index is 5.60. The van der Waals surface area contributed by atoms with Crippen molar-refractivity contribution in [2.75, 3.05) is 7.05 Å². The number of hydrogen-bond donors (Lipinski definition) is 2. The monoisotopic (exact) mass is 155 g/mol. The van der Waals surface area contributed by atoms with E-state index in [2.05, 4.69) is 12.0 Å². The first-order valence-electron chi connectivity index (χ1n) is 3.65. The van der Waals surface area contributed by atoms with Gasteiger partial charge in [-0.1, -0.05) is 12.7 Å². The lowest BCUT2D eigenvalue weighted by Gasteiger charge is -2.23. The molecule has 3 nitrogen and oxygen atoms in total. The molecule has 0 radical (unpaired) electrons. The smallest absolute Gasteiger partial charge is 0.0435 e. The molecular weight excluding hydrogens is 138 g/mol. The van der Waals surface area contributed by atoms with Crippen LogP contribution in [0.4, 0.5) is 0 Å². The highest BCUT2D eigenvalue weighted by molar-refractivity contribution is 4.99. The molecule has 0 fully saturated rings. The van der Waals surface area contributed by atoms with Crippen LogP contribution in [-0.2, 0) is 0 Å². The molecule has 0 spiro atoms. The van der Waals surface area contributed by atoms with Crippen LogP contribution in [0.5, 0.6) is 0 Å². The lowest BCUT2D eigenvalue weighted by Crippen LogP contribution is -2.36. The minimum Gasteiger partial charge on any atom is -0.323 e. The van der Waals surface area contributed by atoms with Gasteiger partial charge in [-0.2, -0.15) is 0 Å². The topological polar surface area (TPSA) is 41.3 Å². The number of nitrogens with one attached hydrogen (secondary N) is 1. The van der Waals surface area contributed by atoms with Crippen LogP contribution in [0.1, 0.15) is 13.8 Å². The fourth-order valence-electron chi connectivity index (χ4n) is 0.575. The molecule has 0 aromatic heterocycles. The quantitative estimate of drug-likeness (QED) is 0.590. The van der Waals surface area contributed by atoms with E-state index in [0.29, 0.717) is 0 Å². The highest BCUT2D eigenvalue weighted by atomic mass is 15.5. The van der Waals surface area contributed by atoms with E-state index >= 15 is 0 Å². The minimum absolute atomic E-state index is 0.0160. The Labute approximate surface area is 68.5 Å². The molecule has 0 heterocycles. The van der Waals surface area contributed by atoms with Gasteiger partial charge in [0.25, 0.3) is 0 Å². The number of likely N-dealkylation sites (N-methyl/N-ethyl adjacent to an activating group) is 1. The standard InChI is InChI=1S/C8H17N3/c1-5-6-10-11(4)8(3)7(2)9/h5-7,10H,3,9H2,1-2,4H3/b6-5-. The van der Waals surface area contributed by atoms with Crippen molar-refractivity contribution in [3.8, 4) is 0 Å². The third-order valence-electron chi connectivity index (χ3n) is 1.39. The Morgan fingerprint density at radius 2 is 2.27 bits per heavy atom. The van der Waals surface area contributed by atoms with Crippen molar-refractivity contribution in [1.82, 2.24) is 10.4 Å². The molecule has 0 amide bonds. The van der Waals surface area contributed by atoms with Crippen molar-refractivity contribution in [3.63, 3.8) is 0 Å². The van der Waals surface area contributed by atoms with Crippen LogP contribution in [0.15, 0.2) is 24.6 Å². The first kappa shape index (κ1) is 10.0. The van der Waals surface area contributed by atoms with Gasteiger partial charge in [0.1, 0.15) is 0 Å². The molecule has 1 atom stereocenters. The van der Waals surface area contributed by atoms with E-state index in [1.807, 2.05) is 33.2 Å². The van der Waals surface area contributed by atoms with Gasteiger partial charge in [0, 0.05) is 25.0 Å². The van der Waals surface area contributed by atoms with Crippen molar-refractivity contribution in [3.05, 3.63) is 24.6 Å². The molecule has 3 heteroatoms. The van der Waals surface area contributed by atoms with E-state index in [-0.39, 0.29) is 6.04 Å². The number of rotatable bonds is 4. The SMILES string of the molecule is C=C(C(C)N)N(C)N/C=C\C. The second-order valence-electron chi connectivity index (χ2n) is 2.47. The third-order valence-corrected chi connectivity index (χ3v) is 1.39. The normalized spacial score (nSPS) is 13.1. The molecule has 0 rings (SSSR count). The molecule has 0 aliphatic rings. The van der Waals surface area contributed by atoms with Gasteiger partial charge >= 0.3 is 0 Å². The average Bonchev–Trinajstić information content (AvgIpc) is 1.98. The minimum atomic E-state index is -0.0160. The maximum absolute atomic E-state index is 5.60. The number of allylic oxidation sites excluding steroid dienone is 1. The molecule has 0 bridgehead atoms. The van der Waals surface area contributed by atoms with Crippen molar-refractivity contribution in [2.45, 2.75) is 19.9 Å². The molecule has 11 heavy (non-hydrogen) atoms.